The van der Waals surface area contributed by atoms with Crippen LogP contribution < -0.4 is 20.9 Å². The number of carbonyl (C=O) groups is 1. The van der Waals surface area contributed by atoms with Gasteiger partial charge in [0.25, 0.3) is 0 Å². The zero-order valence-corrected chi connectivity index (χ0v) is 14.9. The highest BCUT2D eigenvalue weighted by molar-refractivity contribution is 6.04. The minimum atomic E-state index is -0.0366. The highest BCUT2D eigenvalue weighted by Crippen LogP contribution is 2.29. The van der Waals surface area contributed by atoms with Gasteiger partial charge in [-0.25, -0.2) is 5.01 Å². The summed E-state index contributed by atoms with van der Waals surface area (Å²) in [6, 6.07) is 10.9. The third-order valence-electron chi connectivity index (χ3n) is 4.31. The van der Waals surface area contributed by atoms with E-state index in [0.717, 1.165) is 16.8 Å². The lowest BCUT2D eigenvalue weighted by Crippen LogP contribution is -2.31. The van der Waals surface area contributed by atoms with Crippen molar-refractivity contribution in [3.8, 4) is 11.5 Å². The fourth-order valence-electron chi connectivity index (χ4n) is 2.87. The van der Waals surface area contributed by atoms with Gasteiger partial charge in [-0.2, -0.15) is 5.10 Å². The maximum atomic E-state index is 12.3. The molecule has 7 nitrogen and oxygen atoms in total. The van der Waals surface area contributed by atoms with Crippen molar-refractivity contribution in [1.29, 1.82) is 0 Å². The van der Waals surface area contributed by atoms with Crippen LogP contribution in [0.15, 0.2) is 41.5 Å². The van der Waals surface area contributed by atoms with Gasteiger partial charge in [0.05, 0.1) is 26.5 Å². The molecule has 2 aromatic rings. The highest BCUT2D eigenvalue weighted by Gasteiger charge is 2.23. The average Bonchev–Trinajstić information content (AvgIpc) is 2.65. The van der Waals surface area contributed by atoms with Gasteiger partial charge in [0.1, 0.15) is 0 Å². The van der Waals surface area contributed by atoms with Crippen LogP contribution in [-0.2, 0) is 11.3 Å². The van der Waals surface area contributed by atoms with Crippen LogP contribution in [0.4, 0.5) is 11.4 Å². The molecular formula is C19H22N4O3. The summed E-state index contributed by atoms with van der Waals surface area (Å²) in [6.45, 7) is 0.307. The van der Waals surface area contributed by atoms with Crippen molar-refractivity contribution in [2.24, 2.45) is 5.10 Å². The van der Waals surface area contributed by atoms with Gasteiger partial charge >= 0.3 is 0 Å². The van der Waals surface area contributed by atoms with Gasteiger partial charge in [-0.05, 0) is 35.9 Å². The van der Waals surface area contributed by atoms with E-state index in [-0.39, 0.29) is 5.91 Å². The van der Waals surface area contributed by atoms with Crippen LogP contribution in [0.25, 0.3) is 0 Å². The van der Waals surface area contributed by atoms with Crippen molar-refractivity contribution in [3.05, 3.63) is 47.5 Å². The summed E-state index contributed by atoms with van der Waals surface area (Å²) in [5, 5.41) is 6.00. The molecule has 1 aliphatic rings. The van der Waals surface area contributed by atoms with E-state index in [1.54, 1.807) is 26.4 Å². The molecule has 3 rings (SSSR count). The molecule has 1 heterocycles. The largest absolute Gasteiger partial charge is 0.493 e. The third kappa shape index (κ3) is 3.56. The Balaban J connectivity index is 1.89. The Hall–Kier alpha value is -3.22. The third-order valence-corrected chi connectivity index (χ3v) is 4.31. The molecule has 0 saturated heterocycles. The summed E-state index contributed by atoms with van der Waals surface area (Å²) in [7, 11) is 3.18. The van der Waals surface area contributed by atoms with Crippen molar-refractivity contribution in [2.75, 3.05) is 25.7 Å². The molecule has 26 heavy (non-hydrogen) atoms. The van der Waals surface area contributed by atoms with E-state index in [2.05, 4.69) is 5.10 Å². The number of anilines is 2. The first-order chi connectivity index (χ1) is 12.5. The first-order valence-electron chi connectivity index (χ1n) is 8.26. The Morgan fingerprint density at radius 3 is 2.50 bits per heavy atom. The number of rotatable bonds is 5. The molecule has 1 amide bonds. The summed E-state index contributed by atoms with van der Waals surface area (Å²) in [6.07, 6.45) is 0.962. The first-order valence-corrected chi connectivity index (χ1v) is 8.26. The van der Waals surface area contributed by atoms with Crippen molar-refractivity contribution >= 4 is 23.0 Å². The molecule has 0 aromatic heterocycles. The molecule has 0 fully saturated rings. The SMILES string of the molecule is COc1ccc(C2=NN(Cc3ccc(N)cc3N)C(=O)CC2)cc1OC. The van der Waals surface area contributed by atoms with Gasteiger partial charge in [0.15, 0.2) is 11.5 Å². The molecule has 1 aliphatic heterocycles. The minimum Gasteiger partial charge on any atom is -0.493 e. The molecular weight excluding hydrogens is 332 g/mol. The Morgan fingerprint density at radius 2 is 1.81 bits per heavy atom. The molecule has 0 atom stereocenters. The summed E-state index contributed by atoms with van der Waals surface area (Å²) in [4.78, 5) is 12.3. The van der Waals surface area contributed by atoms with Gasteiger partial charge in [-0.1, -0.05) is 6.07 Å². The molecule has 0 unspecified atom stereocenters. The smallest absolute Gasteiger partial charge is 0.243 e. The minimum absolute atomic E-state index is 0.0366. The fourth-order valence-corrected chi connectivity index (χ4v) is 2.87. The summed E-state index contributed by atoms with van der Waals surface area (Å²) in [5.41, 5.74) is 15.4. The highest BCUT2D eigenvalue weighted by atomic mass is 16.5. The van der Waals surface area contributed by atoms with Gasteiger partial charge in [-0.3, -0.25) is 4.79 Å². The van der Waals surface area contributed by atoms with Crippen molar-refractivity contribution < 1.29 is 14.3 Å². The summed E-state index contributed by atoms with van der Waals surface area (Å²) in [5.74, 6) is 1.24. The van der Waals surface area contributed by atoms with Crippen molar-refractivity contribution in [2.45, 2.75) is 19.4 Å². The maximum Gasteiger partial charge on any atom is 0.243 e. The average molecular weight is 354 g/mol. The number of amides is 1. The van der Waals surface area contributed by atoms with Crippen LogP contribution in [0.5, 0.6) is 11.5 Å². The van der Waals surface area contributed by atoms with Gasteiger partial charge < -0.3 is 20.9 Å². The second-order valence-electron chi connectivity index (χ2n) is 6.03. The molecule has 7 heteroatoms. The second kappa shape index (κ2) is 7.35. The Morgan fingerprint density at radius 1 is 1.04 bits per heavy atom. The second-order valence-corrected chi connectivity index (χ2v) is 6.03. The van der Waals surface area contributed by atoms with Crippen molar-refractivity contribution in [3.63, 3.8) is 0 Å². The fraction of sp³-hybridized carbons (Fsp3) is 0.263. The molecule has 136 valence electrons. The number of methoxy groups -OCH3 is 2. The number of hydrazone groups is 1. The van der Waals surface area contributed by atoms with Crippen LogP contribution in [0, 0.1) is 0 Å². The quantitative estimate of drug-likeness (QED) is 0.803. The van der Waals surface area contributed by atoms with E-state index < -0.39 is 0 Å². The molecule has 0 bridgehead atoms. The van der Waals surface area contributed by atoms with E-state index in [1.165, 1.54) is 5.01 Å². The van der Waals surface area contributed by atoms with Crippen LogP contribution in [0.2, 0.25) is 0 Å². The van der Waals surface area contributed by atoms with E-state index in [4.69, 9.17) is 20.9 Å². The predicted octanol–water partition coefficient (Wildman–Crippen LogP) is 2.39. The monoisotopic (exact) mass is 354 g/mol. The van der Waals surface area contributed by atoms with Crippen molar-refractivity contribution in [1.82, 2.24) is 5.01 Å². The first kappa shape index (κ1) is 17.6. The number of carbonyl (C=O) groups excluding carboxylic acids is 1. The zero-order chi connectivity index (χ0) is 18.7. The van der Waals surface area contributed by atoms with Gasteiger partial charge in [0, 0.05) is 29.8 Å². The molecule has 0 saturated carbocycles. The van der Waals surface area contributed by atoms with Crippen LogP contribution >= 0.6 is 0 Å². The maximum absolute atomic E-state index is 12.3. The number of benzene rings is 2. The van der Waals surface area contributed by atoms with E-state index in [1.807, 2.05) is 24.3 Å². The predicted molar refractivity (Wildman–Crippen MR) is 101 cm³/mol. The lowest BCUT2D eigenvalue weighted by Gasteiger charge is -2.24. The Bertz CT molecular complexity index is 864. The molecule has 4 N–H and O–H groups in total. The summed E-state index contributed by atoms with van der Waals surface area (Å²) >= 11 is 0. The molecule has 2 aromatic carbocycles. The number of nitrogen functional groups attached to an aromatic ring is 2. The van der Waals surface area contributed by atoms with E-state index >= 15 is 0 Å². The van der Waals surface area contributed by atoms with Crippen LogP contribution in [0.3, 0.4) is 0 Å². The number of ether oxygens (including phenoxy) is 2. The lowest BCUT2D eigenvalue weighted by atomic mass is 10.0. The standard InChI is InChI=1S/C19H22N4O3/c1-25-17-7-4-12(9-18(17)26-2)16-6-8-19(24)23(22-16)11-13-3-5-14(20)10-15(13)21/h3-5,7,9-10H,6,8,11,20-21H2,1-2H3. The normalized spacial score (nSPS) is 14.2. The summed E-state index contributed by atoms with van der Waals surface area (Å²) < 4.78 is 10.6. The molecule has 0 spiro atoms. The Labute approximate surface area is 152 Å². The molecule has 0 radical (unpaired) electrons. The van der Waals surface area contributed by atoms with E-state index in [0.29, 0.717) is 42.3 Å². The topological polar surface area (TPSA) is 103 Å². The zero-order valence-electron chi connectivity index (χ0n) is 14.9. The Kier molecular flexibility index (Phi) is 4.97. The number of nitrogens with two attached hydrogens (primary N) is 2. The van der Waals surface area contributed by atoms with Crippen LogP contribution in [0.1, 0.15) is 24.0 Å². The van der Waals surface area contributed by atoms with Gasteiger partial charge in [0.2, 0.25) is 5.91 Å². The van der Waals surface area contributed by atoms with Gasteiger partial charge in [-0.15, -0.1) is 0 Å². The number of hydrogen-bond acceptors (Lipinski definition) is 6. The number of nitrogens with zero attached hydrogens (tertiary/aromatic N) is 2. The molecule has 0 aliphatic carbocycles. The lowest BCUT2D eigenvalue weighted by molar-refractivity contribution is -0.132. The number of hydrogen-bond donors (Lipinski definition) is 2. The van der Waals surface area contributed by atoms with Crippen LogP contribution in [-0.4, -0.2) is 30.8 Å². The van der Waals surface area contributed by atoms with E-state index in [9.17, 15) is 4.79 Å².